The fraction of sp³-hybridized carbons (Fsp3) is 0.900. The van der Waals surface area contributed by atoms with E-state index in [1.165, 1.54) is 12.8 Å². The molecular weight excluding hydrogens is 186 g/mol. The van der Waals surface area contributed by atoms with Gasteiger partial charge in [0.2, 0.25) is 0 Å². The van der Waals surface area contributed by atoms with Gasteiger partial charge in [-0.1, -0.05) is 12.8 Å². The van der Waals surface area contributed by atoms with Gasteiger partial charge in [0.1, 0.15) is 5.38 Å². The second-order valence-corrected chi connectivity index (χ2v) is 4.18. The van der Waals surface area contributed by atoms with Crippen LogP contribution in [0.4, 0.5) is 0 Å². The van der Waals surface area contributed by atoms with Crippen LogP contribution in [-0.2, 0) is 4.74 Å². The number of ether oxygens (including phenoxy) is 1. The lowest BCUT2D eigenvalue weighted by Gasteiger charge is -2.30. The summed E-state index contributed by atoms with van der Waals surface area (Å²) in [5.41, 5.74) is 0. The number of methoxy groups -OCH3 is 1. The molecule has 0 heterocycles. The molecule has 1 rings (SSSR count). The van der Waals surface area contributed by atoms with Crippen molar-refractivity contribution >= 4 is 11.6 Å². The van der Waals surface area contributed by atoms with E-state index in [2.05, 4.69) is 6.07 Å². The highest BCUT2D eigenvalue weighted by Gasteiger charge is 2.26. The monoisotopic (exact) mass is 201 g/mol. The van der Waals surface area contributed by atoms with E-state index in [4.69, 9.17) is 21.6 Å². The molecule has 0 aromatic carbocycles. The van der Waals surface area contributed by atoms with Gasteiger partial charge >= 0.3 is 0 Å². The minimum absolute atomic E-state index is 0.323. The van der Waals surface area contributed by atoms with Crippen LogP contribution in [0.3, 0.4) is 0 Å². The van der Waals surface area contributed by atoms with Gasteiger partial charge in [0.15, 0.2) is 0 Å². The fourth-order valence-electron chi connectivity index (χ4n) is 2.07. The zero-order chi connectivity index (χ0) is 9.68. The van der Waals surface area contributed by atoms with Crippen molar-refractivity contribution in [1.82, 2.24) is 0 Å². The average molecular weight is 202 g/mol. The standard InChI is InChI=1S/C10H16ClNO/c1-13-10-5-3-2-4-8(10)6-9(11)7-12/h8-10H,2-6H2,1H3. The quantitative estimate of drug-likeness (QED) is 0.658. The van der Waals surface area contributed by atoms with Crippen LogP contribution in [0.25, 0.3) is 0 Å². The molecule has 2 nitrogen and oxygen atoms in total. The molecule has 3 atom stereocenters. The summed E-state index contributed by atoms with van der Waals surface area (Å²) in [4.78, 5) is 0. The van der Waals surface area contributed by atoms with Gasteiger partial charge in [-0.05, 0) is 25.2 Å². The van der Waals surface area contributed by atoms with Crippen molar-refractivity contribution in [1.29, 1.82) is 5.26 Å². The lowest BCUT2D eigenvalue weighted by Crippen LogP contribution is -2.28. The molecule has 0 aromatic heterocycles. The van der Waals surface area contributed by atoms with Gasteiger partial charge < -0.3 is 4.74 Å². The summed E-state index contributed by atoms with van der Waals surface area (Å²) >= 11 is 5.80. The molecule has 1 saturated carbocycles. The molecule has 0 radical (unpaired) electrons. The molecule has 0 bridgehead atoms. The maximum absolute atomic E-state index is 8.60. The summed E-state index contributed by atoms with van der Waals surface area (Å²) in [6.07, 6.45) is 5.87. The Kier molecular flexibility index (Phi) is 4.55. The number of rotatable bonds is 3. The Morgan fingerprint density at radius 3 is 2.85 bits per heavy atom. The topological polar surface area (TPSA) is 33.0 Å². The summed E-state index contributed by atoms with van der Waals surface area (Å²) in [6.45, 7) is 0. The Bertz CT molecular complexity index is 190. The second-order valence-electron chi connectivity index (χ2n) is 3.65. The number of alkyl halides is 1. The van der Waals surface area contributed by atoms with Gasteiger partial charge in [-0.25, -0.2) is 0 Å². The maximum atomic E-state index is 8.60. The summed E-state index contributed by atoms with van der Waals surface area (Å²) in [5.74, 6) is 0.487. The summed E-state index contributed by atoms with van der Waals surface area (Å²) in [7, 11) is 1.75. The van der Waals surface area contributed by atoms with Crippen molar-refractivity contribution in [3.63, 3.8) is 0 Å². The highest BCUT2D eigenvalue weighted by atomic mass is 35.5. The average Bonchev–Trinajstić information content (AvgIpc) is 2.18. The highest BCUT2D eigenvalue weighted by Crippen LogP contribution is 2.30. The van der Waals surface area contributed by atoms with Crippen molar-refractivity contribution in [2.24, 2.45) is 5.92 Å². The predicted octanol–water partition coefficient (Wildman–Crippen LogP) is 2.71. The summed E-state index contributed by atoms with van der Waals surface area (Å²) in [6, 6.07) is 2.07. The van der Waals surface area contributed by atoms with Crippen LogP contribution in [0.1, 0.15) is 32.1 Å². The molecule has 0 spiro atoms. The van der Waals surface area contributed by atoms with E-state index in [9.17, 15) is 0 Å². The van der Waals surface area contributed by atoms with Gasteiger partial charge in [-0.2, -0.15) is 5.26 Å². The van der Waals surface area contributed by atoms with Gasteiger partial charge in [-0.3, -0.25) is 0 Å². The third-order valence-corrected chi connectivity index (χ3v) is 3.07. The van der Waals surface area contributed by atoms with Crippen LogP contribution in [0.5, 0.6) is 0 Å². The van der Waals surface area contributed by atoms with Crippen LogP contribution in [0.2, 0.25) is 0 Å². The zero-order valence-corrected chi connectivity index (χ0v) is 8.76. The predicted molar refractivity (Wildman–Crippen MR) is 52.6 cm³/mol. The van der Waals surface area contributed by atoms with E-state index in [0.717, 1.165) is 19.3 Å². The second kappa shape index (κ2) is 5.47. The van der Waals surface area contributed by atoms with Crippen molar-refractivity contribution in [2.75, 3.05) is 7.11 Å². The number of hydrogen-bond acceptors (Lipinski definition) is 2. The molecule has 0 saturated heterocycles. The third kappa shape index (κ3) is 3.17. The molecule has 3 heteroatoms. The van der Waals surface area contributed by atoms with E-state index < -0.39 is 0 Å². The SMILES string of the molecule is COC1CCCCC1CC(Cl)C#N. The molecule has 3 unspecified atom stereocenters. The van der Waals surface area contributed by atoms with E-state index in [1.54, 1.807) is 7.11 Å². The Hall–Kier alpha value is -0.260. The Balaban J connectivity index is 2.41. The molecule has 74 valence electrons. The maximum Gasteiger partial charge on any atom is 0.121 e. The van der Waals surface area contributed by atoms with Gasteiger partial charge in [0.25, 0.3) is 0 Å². The third-order valence-electron chi connectivity index (χ3n) is 2.79. The van der Waals surface area contributed by atoms with Crippen LogP contribution in [0, 0.1) is 17.2 Å². The van der Waals surface area contributed by atoms with Crippen molar-refractivity contribution in [2.45, 2.75) is 43.6 Å². The largest absolute Gasteiger partial charge is 0.381 e. The molecule has 1 aliphatic rings. The number of nitrogens with zero attached hydrogens (tertiary/aromatic N) is 1. The lowest BCUT2D eigenvalue weighted by atomic mass is 9.83. The minimum atomic E-state index is -0.347. The Morgan fingerprint density at radius 2 is 2.23 bits per heavy atom. The molecule has 0 aliphatic heterocycles. The van der Waals surface area contributed by atoms with E-state index in [0.29, 0.717) is 12.0 Å². The first-order valence-electron chi connectivity index (χ1n) is 4.84. The molecule has 13 heavy (non-hydrogen) atoms. The first kappa shape index (κ1) is 10.8. The molecule has 0 aromatic rings. The number of nitriles is 1. The molecular formula is C10H16ClNO. The van der Waals surface area contributed by atoms with Crippen LogP contribution in [0.15, 0.2) is 0 Å². The first-order chi connectivity index (χ1) is 6.27. The van der Waals surface area contributed by atoms with Crippen LogP contribution >= 0.6 is 11.6 Å². The van der Waals surface area contributed by atoms with E-state index >= 15 is 0 Å². The fourth-order valence-corrected chi connectivity index (χ4v) is 2.30. The lowest BCUT2D eigenvalue weighted by molar-refractivity contribution is 0.0213. The number of halogens is 1. The van der Waals surface area contributed by atoms with E-state index in [1.807, 2.05) is 0 Å². The smallest absolute Gasteiger partial charge is 0.121 e. The number of hydrogen-bond donors (Lipinski definition) is 0. The van der Waals surface area contributed by atoms with Crippen molar-refractivity contribution in [3.8, 4) is 6.07 Å². The van der Waals surface area contributed by atoms with Gasteiger partial charge in [0.05, 0.1) is 12.2 Å². The molecule has 0 N–H and O–H groups in total. The molecule has 0 amide bonds. The van der Waals surface area contributed by atoms with Crippen LogP contribution in [-0.4, -0.2) is 18.6 Å². The zero-order valence-electron chi connectivity index (χ0n) is 8.00. The van der Waals surface area contributed by atoms with Crippen LogP contribution < -0.4 is 0 Å². The van der Waals surface area contributed by atoms with Crippen molar-refractivity contribution < 1.29 is 4.74 Å². The Morgan fingerprint density at radius 1 is 1.54 bits per heavy atom. The summed E-state index contributed by atoms with van der Waals surface area (Å²) in [5, 5.41) is 8.26. The molecule has 1 aliphatic carbocycles. The van der Waals surface area contributed by atoms with Gasteiger partial charge in [-0.15, -0.1) is 11.6 Å². The van der Waals surface area contributed by atoms with E-state index in [-0.39, 0.29) is 5.38 Å². The molecule has 1 fully saturated rings. The van der Waals surface area contributed by atoms with Crippen molar-refractivity contribution in [3.05, 3.63) is 0 Å². The summed E-state index contributed by atoms with van der Waals surface area (Å²) < 4.78 is 5.38. The highest BCUT2D eigenvalue weighted by molar-refractivity contribution is 6.22. The van der Waals surface area contributed by atoms with Gasteiger partial charge in [0, 0.05) is 7.11 Å². The Labute approximate surface area is 84.8 Å². The minimum Gasteiger partial charge on any atom is -0.381 e. The first-order valence-corrected chi connectivity index (χ1v) is 5.28. The normalized spacial score (nSPS) is 30.8.